The molecule has 0 aliphatic rings. The summed E-state index contributed by atoms with van der Waals surface area (Å²) in [6, 6.07) is 1.94. The Morgan fingerprint density at radius 3 is 2.47 bits per heavy atom. The smallest absolute Gasteiger partial charge is 0.226 e. The molecule has 15 heavy (non-hydrogen) atoms. The van der Waals surface area contributed by atoms with Crippen LogP contribution in [0.3, 0.4) is 0 Å². The van der Waals surface area contributed by atoms with Crippen molar-refractivity contribution in [3.8, 4) is 0 Å². The van der Waals surface area contributed by atoms with Crippen molar-refractivity contribution in [3.63, 3.8) is 0 Å². The number of hydrogen-bond donors (Lipinski definition) is 2. The van der Waals surface area contributed by atoms with Gasteiger partial charge >= 0.3 is 0 Å². The number of hydrogen-bond acceptors (Lipinski definition) is 4. The number of halogens is 1. The first kappa shape index (κ1) is 12.0. The summed E-state index contributed by atoms with van der Waals surface area (Å²) >= 11 is 5.71. The Morgan fingerprint density at radius 1 is 1.40 bits per heavy atom. The number of aromatic nitrogens is 2. The van der Waals surface area contributed by atoms with Crippen LogP contribution in [0.25, 0.3) is 0 Å². The van der Waals surface area contributed by atoms with E-state index in [1.165, 1.54) is 0 Å². The molecule has 0 amide bonds. The minimum atomic E-state index is 0.145. The quantitative estimate of drug-likeness (QED) is 0.764. The summed E-state index contributed by atoms with van der Waals surface area (Å²) in [4.78, 5) is 7.85. The second-order valence-electron chi connectivity index (χ2n) is 4.68. The van der Waals surface area contributed by atoms with E-state index in [9.17, 15) is 0 Å². The highest BCUT2D eigenvalue weighted by atomic mass is 35.5. The third-order valence-electron chi connectivity index (χ3n) is 2.38. The highest BCUT2D eigenvalue weighted by Gasteiger charge is 2.20. The van der Waals surface area contributed by atoms with Gasteiger partial charge in [-0.15, -0.1) is 0 Å². The average molecular weight is 229 g/mol. The lowest BCUT2D eigenvalue weighted by Crippen LogP contribution is -2.31. The first-order valence-corrected chi connectivity index (χ1v) is 5.23. The van der Waals surface area contributed by atoms with E-state index in [0.717, 1.165) is 0 Å². The number of anilines is 2. The Bertz CT molecular complexity index is 326. The predicted molar refractivity (Wildman–Crippen MR) is 64.0 cm³/mol. The maximum Gasteiger partial charge on any atom is 0.226 e. The molecule has 0 aliphatic heterocycles. The van der Waals surface area contributed by atoms with Gasteiger partial charge in [-0.25, -0.2) is 9.97 Å². The first-order chi connectivity index (χ1) is 6.79. The molecule has 0 unspecified atom stereocenters. The second kappa shape index (κ2) is 4.23. The third-order valence-corrected chi connectivity index (χ3v) is 2.55. The van der Waals surface area contributed by atoms with Crippen LogP contribution in [0.4, 0.5) is 11.6 Å². The Hall–Kier alpha value is -1.03. The van der Waals surface area contributed by atoms with Gasteiger partial charge in [-0.3, -0.25) is 0 Å². The third kappa shape index (κ3) is 3.55. The van der Waals surface area contributed by atoms with E-state index in [1.54, 1.807) is 6.07 Å². The molecular weight excluding hydrogens is 212 g/mol. The van der Waals surface area contributed by atoms with Gasteiger partial charge in [-0.1, -0.05) is 20.8 Å². The summed E-state index contributed by atoms with van der Waals surface area (Å²) in [5.41, 5.74) is 5.71. The van der Waals surface area contributed by atoms with E-state index in [-0.39, 0.29) is 16.7 Å². The molecule has 1 aromatic rings. The maximum absolute atomic E-state index is 5.71. The second-order valence-corrected chi connectivity index (χ2v) is 5.02. The molecule has 0 saturated heterocycles. The summed E-state index contributed by atoms with van der Waals surface area (Å²) in [5.74, 6) is 1.04. The predicted octanol–water partition coefficient (Wildman–Crippen LogP) is 2.56. The Balaban J connectivity index is 2.81. The van der Waals surface area contributed by atoms with Crippen LogP contribution in [0.5, 0.6) is 0 Å². The van der Waals surface area contributed by atoms with Crippen molar-refractivity contribution < 1.29 is 0 Å². The number of nitrogens with two attached hydrogens (primary N) is 1. The molecule has 0 aliphatic carbocycles. The maximum atomic E-state index is 5.71. The van der Waals surface area contributed by atoms with Gasteiger partial charge in [0.25, 0.3) is 0 Å². The van der Waals surface area contributed by atoms with Gasteiger partial charge in [0.2, 0.25) is 5.28 Å². The van der Waals surface area contributed by atoms with Crippen molar-refractivity contribution in [3.05, 3.63) is 11.3 Å². The van der Waals surface area contributed by atoms with Crippen LogP contribution in [-0.2, 0) is 0 Å². The molecule has 0 aromatic carbocycles. The Morgan fingerprint density at radius 2 is 2.00 bits per heavy atom. The standard InChI is InChI=1S/C10H17ClN4/c1-6(10(2,3)4)13-8-5-7(12)14-9(11)15-8/h5-6H,1-4H3,(H3,12,13,14,15)/t6-/m0/s1. The van der Waals surface area contributed by atoms with E-state index in [0.29, 0.717) is 11.6 Å². The first-order valence-electron chi connectivity index (χ1n) is 4.85. The van der Waals surface area contributed by atoms with Crippen LogP contribution in [0.1, 0.15) is 27.7 Å². The molecule has 0 bridgehead atoms. The highest BCUT2D eigenvalue weighted by molar-refractivity contribution is 6.28. The van der Waals surface area contributed by atoms with Gasteiger partial charge < -0.3 is 11.1 Å². The van der Waals surface area contributed by atoms with Crippen LogP contribution < -0.4 is 11.1 Å². The van der Waals surface area contributed by atoms with E-state index >= 15 is 0 Å². The lowest BCUT2D eigenvalue weighted by Gasteiger charge is -2.28. The van der Waals surface area contributed by atoms with Gasteiger partial charge in [0, 0.05) is 12.1 Å². The van der Waals surface area contributed by atoms with Crippen LogP contribution in [0.15, 0.2) is 6.07 Å². The van der Waals surface area contributed by atoms with E-state index in [4.69, 9.17) is 17.3 Å². The average Bonchev–Trinajstić information content (AvgIpc) is 1.99. The lowest BCUT2D eigenvalue weighted by molar-refractivity contribution is 0.359. The van der Waals surface area contributed by atoms with Crippen molar-refractivity contribution in [2.75, 3.05) is 11.1 Å². The molecule has 84 valence electrons. The molecule has 0 radical (unpaired) electrons. The molecule has 0 fully saturated rings. The monoisotopic (exact) mass is 228 g/mol. The fourth-order valence-corrected chi connectivity index (χ4v) is 1.14. The normalized spacial score (nSPS) is 13.7. The van der Waals surface area contributed by atoms with Gasteiger partial charge in [-0.2, -0.15) is 0 Å². The molecule has 4 nitrogen and oxygen atoms in total. The largest absolute Gasteiger partial charge is 0.383 e. The Kier molecular flexibility index (Phi) is 3.39. The van der Waals surface area contributed by atoms with Crippen LogP contribution in [0, 0.1) is 5.41 Å². The summed E-state index contributed by atoms with van der Waals surface area (Å²) < 4.78 is 0. The topological polar surface area (TPSA) is 63.8 Å². The van der Waals surface area contributed by atoms with Crippen LogP contribution in [-0.4, -0.2) is 16.0 Å². The molecule has 1 aromatic heterocycles. The van der Waals surface area contributed by atoms with Crippen LogP contribution >= 0.6 is 11.6 Å². The minimum Gasteiger partial charge on any atom is -0.383 e. The SMILES string of the molecule is C[C@H](Nc1cc(N)nc(Cl)n1)C(C)(C)C. The minimum absolute atomic E-state index is 0.145. The number of nitrogens with zero attached hydrogens (tertiary/aromatic N) is 2. The van der Waals surface area contributed by atoms with Crippen molar-refractivity contribution in [1.29, 1.82) is 0 Å². The van der Waals surface area contributed by atoms with Gasteiger partial charge in [0.05, 0.1) is 0 Å². The van der Waals surface area contributed by atoms with Crippen LogP contribution in [0.2, 0.25) is 5.28 Å². The van der Waals surface area contributed by atoms with Crippen molar-refractivity contribution in [2.24, 2.45) is 5.41 Å². The highest BCUT2D eigenvalue weighted by Crippen LogP contribution is 2.22. The number of nitrogen functional groups attached to an aromatic ring is 1. The van der Waals surface area contributed by atoms with E-state index in [1.807, 2.05) is 0 Å². The molecule has 5 heteroatoms. The van der Waals surface area contributed by atoms with Crippen molar-refractivity contribution in [1.82, 2.24) is 9.97 Å². The summed E-state index contributed by atoms with van der Waals surface area (Å²) in [6.07, 6.45) is 0. The van der Waals surface area contributed by atoms with Gasteiger partial charge in [0.1, 0.15) is 11.6 Å². The Labute approximate surface area is 95.3 Å². The summed E-state index contributed by atoms with van der Waals surface area (Å²) in [6.45, 7) is 8.54. The molecule has 1 atom stereocenters. The molecule has 1 heterocycles. The molecular formula is C10H17ClN4. The number of rotatable bonds is 2. The van der Waals surface area contributed by atoms with Crippen molar-refractivity contribution >= 4 is 23.2 Å². The summed E-state index contributed by atoms with van der Waals surface area (Å²) in [5, 5.41) is 3.41. The zero-order valence-electron chi connectivity index (χ0n) is 9.50. The van der Waals surface area contributed by atoms with Crippen molar-refractivity contribution in [2.45, 2.75) is 33.7 Å². The number of nitrogens with one attached hydrogen (secondary N) is 1. The van der Waals surface area contributed by atoms with Gasteiger partial charge in [-0.05, 0) is 23.9 Å². The van der Waals surface area contributed by atoms with Gasteiger partial charge in [0.15, 0.2) is 0 Å². The van der Waals surface area contributed by atoms with E-state index < -0.39 is 0 Å². The zero-order valence-corrected chi connectivity index (χ0v) is 10.3. The lowest BCUT2D eigenvalue weighted by atomic mass is 9.88. The summed E-state index contributed by atoms with van der Waals surface area (Å²) in [7, 11) is 0. The molecule has 1 rings (SSSR count). The molecule has 0 saturated carbocycles. The zero-order chi connectivity index (χ0) is 11.6. The molecule has 3 N–H and O–H groups in total. The molecule has 0 spiro atoms. The fraction of sp³-hybridized carbons (Fsp3) is 0.600. The fourth-order valence-electron chi connectivity index (χ4n) is 0.948. The van der Waals surface area contributed by atoms with E-state index in [2.05, 4.69) is 43.0 Å².